The average molecular weight is 502 g/mol. The molecule has 0 saturated carbocycles. The molecular weight excluding hydrogens is 478 g/mol. The molecule has 36 heavy (non-hydrogen) atoms. The van der Waals surface area contributed by atoms with Crippen LogP contribution in [0.3, 0.4) is 0 Å². The normalized spacial score (nSPS) is 10.5. The highest BCUT2D eigenvalue weighted by Crippen LogP contribution is 2.34. The predicted octanol–water partition coefficient (Wildman–Crippen LogP) is 4.86. The van der Waals surface area contributed by atoms with Gasteiger partial charge in [0.05, 0.1) is 34.7 Å². The van der Waals surface area contributed by atoms with E-state index in [1.54, 1.807) is 23.2 Å². The van der Waals surface area contributed by atoms with E-state index in [9.17, 15) is 4.79 Å². The highest BCUT2D eigenvalue weighted by Gasteiger charge is 2.13. The van der Waals surface area contributed by atoms with Crippen LogP contribution in [-0.4, -0.2) is 45.5 Å². The number of terminal acetylenes is 1. The Morgan fingerprint density at radius 3 is 2.72 bits per heavy atom. The van der Waals surface area contributed by atoms with Gasteiger partial charge in [0, 0.05) is 18.8 Å². The maximum absolute atomic E-state index is 11.7. The summed E-state index contributed by atoms with van der Waals surface area (Å²) < 4.78 is 11.8. The molecule has 0 saturated heterocycles. The molecule has 9 heteroatoms. The van der Waals surface area contributed by atoms with Crippen molar-refractivity contribution >= 4 is 39.9 Å². The summed E-state index contributed by atoms with van der Waals surface area (Å²) in [7, 11) is 0. The molecular formula is C27H24ClN5O3. The zero-order valence-corrected chi connectivity index (χ0v) is 20.4. The van der Waals surface area contributed by atoms with Gasteiger partial charge in [0.1, 0.15) is 36.9 Å². The van der Waals surface area contributed by atoms with E-state index < -0.39 is 0 Å². The monoisotopic (exact) mass is 501 g/mol. The minimum absolute atomic E-state index is 0.107. The van der Waals surface area contributed by atoms with Crippen LogP contribution < -0.4 is 14.8 Å². The maximum atomic E-state index is 11.7. The lowest BCUT2D eigenvalue weighted by molar-refractivity contribution is -0.128. The Labute approximate surface area is 214 Å². The summed E-state index contributed by atoms with van der Waals surface area (Å²) in [6.45, 7) is 2.65. The first kappa shape index (κ1) is 24.8. The van der Waals surface area contributed by atoms with Gasteiger partial charge in [-0.3, -0.25) is 9.78 Å². The number of nitrogens with one attached hydrogen (secondary N) is 1. The number of rotatable bonds is 10. The summed E-state index contributed by atoms with van der Waals surface area (Å²) >= 11 is 6.47. The maximum Gasteiger partial charge on any atom is 0.220 e. The number of carbonyl (C=O) groups excluding carboxylic acids is 1. The van der Waals surface area contributed by atoms with Gasteiger partial charge < -0.3 is 19.7 Å². The van der Waals surface area contributed by atoms with E-state index in [0.29, 0.717) is 46.4 Å². The van der Waals surface area contributed by atoms with Crippen LogP contribution in [0, 0.1) is 12.3 Å². The molecule has 0 aliphatic carbocycles. The first-order chi connectivity index (χ1) is 17.5. The zero-order valence-electron chi connectivity index (χ0n) is 19.6. The van der Waals surface area contributed by atoms with Crippen molar-refractivity contribution in [2.45, 2.75) is 13.5 Å². The third-order valence-electron chi connectivity index (χ3n) is 5.27. The number of hydrogen-bond acceptors (Lipinski definition) is 7. The van der Waals surface area contributed by atoms with Crippen molar-refractivity contribution in [2.24, 2.45) is 0 Å². The number of hydrogen-bond donors (Lipinski definition) is 1. The Morgan fingerprint density at radius 2 is 1.97 bits per heavy atom. The Kier molecular flexibility index (Phi) is 8.16. The molecule has 1 N–H and O–H groups in total. The van der Waals surface area contributed by atoms with Gasteiger partial charge in [-0.2, -0.15) is 0 Å². The lowest BCUT2D eigenvalue weighted by atomic mass is 10.2. The molecule has 0 bridgehead atoms. The van der Waals surface area contributed by atoms with Crippen LogP contribution in [0.5, 0.6) is 11.5 Å². The van der Waals surface area contributed by atoms with Crippen molar-refractivity contribution in [3.05, 3.63) is 77.8 Å². The van der Waals surface area contributed by atoms with Crippen LogP contribution in [0.15, 0.2) is 67.1 Å². The molecule has 2 heterocycles. The molecule has 2 aromatic carbocycles. The summed E-state index contributed by atoms with van der Waals surface area (Å²) in [5.41, 5.74) is 2.23. The standard InChI is InChI=1S/C27H24ClN5O3/c1-3-13-33(19(2)34)14-15-35-25-9-6-8-23-26(25)27(31-18-30-23)32-20-10-11-24(22(28)16-20)36-17-21-7-4-5-12-29-21/h1,4-12,16,18H,13-15,17H2,2H3,(H,30,31,32). The number of halogens is 1. The second-order valence-electron chi connectivity index (χ2n) is 7.75. The van der Waals surface area contributed by atoms with Crippen LogP contribution in [0.4, 0.5) is 11.5 Å². The molecule has 182 valence electrons. The van der Waals surface area contributed by atoms with Crippen molar-refractivity contribution in [2.75, 3.05) is 25.0 Å². The molecule has 0 aliphatic rings. The van der Waals surface area contributed by atoms with E-state index in [4.69, 9.17) is 27.5 Å². The lowest BCUT2D eigenvalue weighted by Gasteiger charge is -2.19. The van der Waals surface area contributed by atoms with Gasteiger partial charge in [-0.25, -0.2) is 9.97 Å². The third kappa shape index (κ3) is 6.20. The van der Waals surface area contributed by atoms with Crippen LogP contribution in [-0.2, 0) is 11.4 Å². The number of pyridine rings is 1. The molecule has 4 rings (SSSR count). The summed E-state index contributed by atoms with van der Waals surface area (Å²) in [5.74, 6) is 4.07. The summed E-state index contributed by atoms with van der Waals surface area (Å²) in [5, 5.41) is 4.45. The molecule has 8 nitrogen and oxygen atoms in total. The van der Waals surface area contributed by atoms with Crippen LogP contribution >= 0.6 is 11.6 Å². The topological polar surface area (TPSA) is 89.5 Å². The number of amides is 1. The zero-order chi connectivity index (χ0) is 25.3. The van der Waals surface area contributed by atoms with E-state index >= 15 is 0 Å². The SMILES string of the molecule is C#CCN(CCOc1cccc2ncnc(Nc3ccc(OCc4ccccn4)c(Cl)c3)c12)C(C)=O. The molecule has 0 fully saturated rings. The molecule has 0 unspecified atom stereocenters. The van der Waals surface area contributed by atoms with Crippen LogP contribution in [0.25, 0.3) is 10.9 Å². The highest BCUT2D eigenvalue weighted by molar-refractivity contribution is 6.32. The van der Waals surface area contributed by atoms with Crippen molar-refractivity contribution in [3.8, 4) is 23.8 Å². The predicted molar refractivity (Wildman–Crippen MR) is 139 cm³/mol. The van der Waals surface area contributed by atoms with Crippen LogP contribution in [0.2, 0.25) is 5.02 Å². The van der Waals surface area contributed by atoms with Gasteiger partial charge in [0.25, 0.3) is 0 Å². The smallest absolute Gasteiger partial charge is 0.220 e. The summed E-state index contributed by atoms with van der Waals surface area (Å²) in [4.78, 5) is 26.3. The van der Waals surface area contributed by atoms with E-state index in [-0.39, 0.29) is 19.1 Å². The molecule has 0 radical (unpaired) electrons. The van der Waals surface area contributed by atoms with Gasteiger partial charge in [0.2, 0.25) is 5.91 Å². The minimum Gasteiger partial charge on any atom is -0.491 e. The fourth-order valence-electron chi connectivity index (χ4n) is 3.48. The van der Waals surface area contributed by atoms with Crippen LogP contribution in [0.1, 0.15) is 12.6 Å². The van der Waals surface area contributed by atoms with E-state index in [2.05, 4.69) is 26.2 Å². The quantitative estimate of drug-likeness (QED) is 0.310. The van der Waals surface area contributed by atoms with Gasteiger partial charge in [-0.1, -0.05) is 29.7 Å². The van der Waals surface area contributed by atoms with E-state index in [1.165, 1.54) is 13.3 Å². The second kappa shape index (κ2) is 11.9. The lowest BCUT2D eigenvalue weighted by Crippen LogP contribution is -2.33. The molecule has 0 aliphatic heterocycles. The molecule has 2 aromatic heterocycles. The number of anilines is 2. The number of fused-ring (bicyclic) bond motifs is 1. The fraction of sp³-hybridized carbons (Fsp3) is 0.185. The van der Waals surface area contributed by atoms with Gasteiger partial charge in [-0.15, -0.1) is 6.42 Å². The first-order valence-electron chi connectivity index (χ1n) is 11.2. The van der Waals surface area contributed by atoms with Crippen molar-refractivity contribution < 1.29 is 14.3 Å². The van der Waals surface area contributed by atoms with E-state index in [1.807, 2.05) is 42.5 Å². The van der Waals surface area contributed by atoms with Crippen molar-refractivity contribution in [3.63, 3.8) is 0 Å². The number of nitrogens with zero attached hydrogens (tertiary/aromatic N) is 4. The first-order valence-corrected chi connectivity index (χ1v) is 11.6. The summed E-state index contributed by atoms with van der Waals surface area (Å²) in [6, 6.07) is 16.6. The molecule has 1 amide bonds. The number of benzene rings is 2. The Hall–Kier alpha value is -4.35. The van der Waals surface area contributed by atoms with Crippen molar-refractivity contribution in [1.29, 1.82) is 0 Å². The highest BCUT2D eigenvalue weighted by atomic mass is 35.5. The summed E-state index contributed by atoms with van der Waals surface area (Å²) in [6.07, 6.45) is 8.54. The molecule has 0 atom stereocenters. The number of aromatic nitrogens is 3. The Bertz CT molecular complexity index is 1390. The second-order valence-corrected chi connectivity index (χ2v) is 8.15. The minimum atomic E-state index is -0.107. The van der Waals surface area contributed by atoms with Gasteiger partial charge in [-0.05, 0) is 42.5 Å². The molecule has 4 aromatic rings. The van der Waals surface area contributed by atoms with E-state index in [0.717, 1.165) is 11.4 Å². The Balaban J connectivity index is 1.50. The van der Waals surface area contributed by atoms with Crippen molar-refractivity contribution in [1.82, 2.24) is 19.9 Å². The third-order valence-corrected chi connectivity index (χ3v) is 5.56. The number of ether oxygens (including phenoxy) is 2. The largest absolute Gasteiger partial charge is 0.491 e. The fourth-order valence-corrected chi connectivity index (χ4v) is 3.72. The average Bonchev–Trinajstić information content (AvgIpc) is 2.88. The Morgan fingerprint density at radius 1 is 1.08 bits per heavy atom. The molecule has 0 spiro atoms. The number of carbonyl (C=O) groups is 1. The van der Waals surface area contributed by atoms with Gasteiger partial charge >= 0.3 is 0 Å². The van der Waals surface area contributed by atoms with Gasteiger partial charge in [0.15, 0.2) is 0 Å².